The molecule has 13 heteroatoms. The van der Waals surface area contributed by atoms with Gasteiger partial charge in [-0.1, -0.05) is 12.1 Å². The van der Waals surface area contributed by atoms with Gasteiger partial charge in [-0.2, -0.15) is 17.5 Å². The van der Waals surface area contributed by atoms with Crippen molar-refractivity contribution in [1.82, 2.24) is 14.6 Å². The number of sulfonamides is 1. The van der Waals surface area contributed by atoms with Crippen molar-refractivity contribution >= 4 is 21.6 Å². The van der Waals surface area contributed by atoms with Crippen LogP contribution in [0.4, 0.5) is 18.9 Å². The van der Waals surface area contributed by atoms with Crippen LogP contribution in [0.15, 0.2) is 41.4 Å². The molecule has 2 rings (SSSR count). The number of carbonyl (C=O) groups is 1. The molecule has 0 spiro atoms. The summed E-state index contributed by atoms with van der Waals surface area (Å²) in [6.45, 7) is -1.07. The minimum atomic E-state index is -4.90. The standard InChI is InChI=1S/C18H21F3N4O5S/c1-25(10-11-3-5-12(30-2)6-4-11)31(28,29)13-7-14(22)16(23-8-13)17(27)24-9-15(26)18(19,20)21/h3-8,15,26H,9-10,22H2,1-2H3,(H,24,27). The fraction of sp³-hybridized carbons (Fsp3) is 0.333. The Morgan fingerprint density at radius 1 is 1.32 bits per heavy atom. The first-order valence-electron chi connectivity index (χ1n) is 8.74. The largest absolute Gasteiger partial charge is 0.497 e. The number of aliphatic hydroxyl groups is 1. The van der Waals surface area contributed by atoms with Crippen LogP contribution < -0.4 is 15.8 Å². The van der Waals surface area contributed by atoms with E-state index in [4.69, 9.17) is 15.6 Å². The van der Waals surface area contributed by atoms with Gasteiger partial charge in [-0.3, -0.25) is 4.79 Å². The number of benzene rings is 1. The number of alkyl halides is 3. The first kappa shape index (κ1) is 24.4. The molecule has 1 aromatic carbocycles. The lowest BCUT2D eigenvalue weighted by Gasteiger charge is -2.18. The first-order chi connectivity index (χ1) is 14.4. The highest BCUT2D eigenvalue weighted by atomic mass is 32.2. The molecule has 1 unspecified atom stereocenters. The van der Waals surface area contributed by atoms with Crippen LogP contribution in [0.5, 0.6) is 5.75 Å². The van der Waals surface area contributed by atoms with E-state index >= 15 is 0 Å². The number of halogens is 3. The quantitative estimate of drug-likeness (QED) is 0.536. The van der Waals surface area contributed by atoms with Crippen molar-refractivity contribution < 1.29 is 36.2 Å². The molecule has 9 nitrogen and oxygen atoms in total. The van der Waals surface area contributed by atoms with Gasteiger partial charge in [0.25, 0.3) is 5.91 Å². The molecule has 0 saturated carbocycles. The van der Waals surface area contributed by atoms with Gasteiger partial charge in [0.2, 0.25) is 10.0 Å². The number of ether oxygens (including phenoxy) is 1. The molecular formula is C18H21F3N4O5S. The summed E-state index contributed by atoms with van der Waals surface area (Å²) in [5, 5.41) is 10.8. The van der Waals surface area contributed by atoms with Gasteiger partial charge in [0.05, 0.1) is 19.3 Å². The normalized spacial score (nSPS) is 13.1. The zero-order chi connectivity index (χ0) is 23.4. The van der Waals surface area contributed by atoms with E-state index in [0.717, 1.165) is 16.6 Å². The number of nitrogens with zero attached hydrogens (tertiary/aromatic N) is 2. The van der Waals surface area contributed by atoms with E-state index < -0.39 is 40.4 Å². The Morgan fingerprint density at radius 2 is 1.94 bits per heavy atom. The van der Waals surface area contributed by atoms with E-state index in [9.17, 15) is 26.4 Å². The van der Waals surface area contributed by atoms with Crippen molar-refractivity contribution in [2.45, 2.75) is 23.7 Å². The Hall–Kier alpha value is -2.90. The summed E-state index contributed by atoms with van der Waals surface area (Å²) in [5.41, 5.74) is 5.56. The first-order valence-corrected chi connectivity index (χ1v) is 10.2. The van der Waals surface area contributed by atoms with Crippen molar-refractivity contribution in [2.24, 2.45) is 0 Å². The monoisotopic (exact) mass is 462 g/mol. The van der Waals surface area contributed by atoms with Gasteiger partial charge in [0.15, 0.2) is 11.8 Å². The van der Waals surface area contributed by atoms with E-state index in [2.05, 4.69) is 4.98 Å². The Bertz CT molecular complexity index is 1030. The summed E-state index contributed by atoms with van der Waals surface area (Å²) in [4.78, 5) is 15.4. The summed E-state index contributed by atoms with van der Waals surface area (Å²) < 4.78 is 68.6. The maximum absolute atomic E-state index is 12.8. The fourth-order valence-electron chi connectivity index (χ4n) is 2.43. The van der Waals surface area contributed by atoms with Crippen LogP contribution >= 0.6 is 0 Å². The van der Waals surface area contributed by atoms with Crippen LogP contribution in [0.2, 0.25) is 0 Å². The van der Waals surface area contributed by atoms with E-state index in [1.54, 1.807) is 24.3 Å². The van der Waals surface area contributed by atoms with Crippen LogP contribution in [0, 0.1) is 0 Å². The van der Waals surface area contributed by atoms with E-state index in [0.29, 0.717) is 11.3 Å². The van der Waals surface area contributed by atoms with Crippen molar-refractivity contribution in [3.05, 3.63) is 47.8 Å². The Kier molecular flexibility index (Phi) is 7.46. The Morgan fingerprint density at radius 3 is 2.45 bits per heavy atom. The molecule has 0 radical (unpaired) electrons. The lowest BCUT2D eigenvalue weighted by Crippen LogP contribution is -2.41. The maximum Gasteiger partial charge on any atom is 0.416 e. The number of hydrogen-bond acceptors (Lipinski definition) is 7. The van der Waals surface area contributed by atoms with Crippen molar-refractivity contribution in [2.75, 3.05) is 26.4 Å². The molecule has 1 atom stereocenters. The number of rotatable bonds is 8. The molecule has 1 amide bonds. The Labute approximate surface area is 176 Å². The fourth-order valence-corrected chi connectivity index (χ4v) is 3.57. The molecule has 4 N–H and O–H groups in total. The molecule has 0 saturated heterocycles. The van der Waals surface area contributed by atoms with Gasteiger partial charge in [0.1, 0.15) is 10.6 Å². The maximum atomic E-state index is 12.8. The van der Waals surface area contributed by atoms with Gasteiger partial charge in [-0.05, 0) is 23.8 Å². The minimum Gasteiger partial charge on any atom is -0.497 e. The number of methoxy groups -OCH3 is 1. The topological polar surface area (TPSA) is 135 Å². The summed E-state index contributed by atoms with van der Waals surface area (Å²) in [5.74, 6) is -0.473. The second kappa shape index (κ2) is 9.49. The van der Waals surface area contributed by atoms with Crippen LogP contribution in [0.1, 0.15) is 16.1 Å². The lowest BCUT2D eigenvalue weighted by molar-refractivity contribution is -0.201. The molecule has 170 valence electrons. The molecule has 0 bridgehead atoms. The number of carbonyl (C=O) groups excluding carboxylic acids is 1. The highest BCUT2D eigenvalue weighted by Crippen LogP contribution is 2.22. The number of hydrogen-bond donors (Lipinski definition) is 3. The van der Waals surface area contributed by atoms with Crippen LogP contribution in [0.25, 0.3) is 0 Å². The Balaban J connectivity index is 2.13. The lowest BCUT2D eigenvalue weighted by atomic mass is 10.2. The van der Waals surface area contributed by atoms with Crippen LogP contribution in [-0.4, -0.2) is 61.7 Å². The van der Waals surface area contributed by atoms with Gasteiger partial charge in [-0.25, -0.2) is 13.4 Å². The van der Waals surface area contributed by atoms with E-state index in [1.165, 1.54) is 14.2 Å². The highest BCUT2D eigenvalue weighted by molar-refractivity contribution is 7.89. The molecular weight excluding hydrogens is 441 g/mol. The average molecular weight is 462 g/mol. The van der Waals surface area contributed by atoms with Crippen molar-refractivity contribution in [3.8, 4) is 5.75 Å². The second-order valence-electron chi connectivity index (χ2n) is 6.49. The van der Waals surface area contributed by atoms with Crippen molar-refractivity contribution in [3.63, 3.8) is 0 Å². The van der Waals surface area contributed by atoms with Crippen LogP contribution in [0.3, 0.4) is 0 Å². The molecule has 1 aromatic heterocycles. The summed E-state index contributed by atoms with van der Waals surface area (Å²) in [6, 6.07) is 7.74. The third kappa shape index (κ3) is 6.06. The zero-order valence-electron chi connectivity index (χ0n) is 16.5. The number of aliphatic hydroxyl groups excluding tert-OH is 1. The minimum absolute atomic E-state index is 0.0315. The smallest absolute Gasteiger partial charge is 0.416 e. The summed E-state index contributed by atoms with van der Waals surface area (Å²) in [7, 11) is -1.18. The van der Waals surface area contributed by atoms with E-state index in [-0.39, 0.29) is 17.1 Å². The molecule has 0 aliphatic heterocycles. The number of pyridine rings is 1. The summed E-state index contributed by atoms with van der Waals surface area (Å²) in [6.07, 6.45) is -6.78. The van der Waals surface area contributed by atoms with Gasteiger partial charge < -0.3 is 20.9 Å². The number of nitrogens with two attached hydrogens (primary N) is 1. The molecule has 31 heavy (non-hydrogen) atoms. The number of anilines is 1. The second-order valence-corrected chi connectivity index (χ2v) is 8.53. The van der Waals surface area contributed by atoms with Gasteiger partial charge >= 0.3 is 6.18 Å². The van der Waals surface area contributed by atoms with Gasteiger partial charge in [0, 0.05) is 19.8 Å². The highest BCUT2D eigenvalue weighted by Gasteiger charge is 2.38. The van der Waals surface area contributed by atoms with Crippen LogP contribution in [-0.2, 0) is 16.6 Å². The SMILES string of the molecule is COc1ccc(CN(C)S(=O)(=O)c2cnc(C(=O)NCC(O)C(F)(F)F)c(N)c2)cc1. The predicted molar refractivity (Wildman–Crippen MR) is 105 cm³/mol. The van der Waals surface area contributed by atoms with E-state index in [1.807, 2.05) is 5.32 Å². The number of nitrogen functional groups attached to an aromatic ring is 1. The number of amides is 1. The third-order valence-corrected chi connectivity index (χ3v) is 5.98. The number of nitrogens with one attached hydrogen (secondary N) is 1. The molecule has 1 heterocycles. The van der Waals surface area contributed by atoms with Gasteiger partial charge in [-0.15, -0.1) is 0 Å². The number of aromatic nitrogens is 1. The molecule has 0 aliphatic carbocycles. The van der Waals surface area contributed by atoms with Crippen molar-refractivity contribution in [1.29, 1.82) is 0 Å². The molecule has 0 aliphatic rings. The zero-order valence-corrected chi connectivity index (χ0v) is 17.4. The third-order valence-electron chi connectivity index (χ3n) is 4.21. The predicted octanol–water partition coefficient (Wildman–Crippen LogP) is 1.15. The summed E-state index contributed by atoms with van der Waals surface area (Å²) >= 11 is 0. The molecule has 0 fully saturated rings. The average Bonchev–Trinajstić information content (AvgIpc) is 2.71. The molecule has 2 aromatic rings.